The van der Waals surface area contributed by atoms with Crippen molar-refractivity contribution in [1.29, 1.82) is 0 Å². The average Bonchev–Trinajstić information content (AvgIpc) is 3.45. The summed E-state index contributed by atoms with van der Waals surface area (Å²) in [6.45, 7) is 6.63. The minimum atomic E-state index is -4.25. The molecule has 198 valence electrons. The molecule has 4 aliphatic rings. The van der Waals surface area contributed by atoms with Gasteiger partial charge in [0.05, 0.1) is 6.26 Å². The van der Waals surface area contributed by atoms with Crippen LogP contribution < -0.4 is 10.0 Å². The van der Waals surface area contributed by atoms with E-state index in [2.05, 4.69) is 35.2 Å². The number of hydrogen-bond acceptors (Lipinski definition) is 8. The molecule has 2 aliphatic carbocycles. The topological polar surface area (TPSA) is 142 Å². The summed E-state index contributed by atoms with van der Waals surface area (Å²) in [5.41, 5.74) is 0.258. The molecule has 5 atom stereocenters. The molecule has 2 aliphatic heterocycles. The van der Waals surface area contributed by atoms with Crippen molar-refractivity contribution < 1.29 is 26.4 Å². The molecule has 2 bridgehead atoms. The Kier molecular flexibility index (Phi) is 6.17. The molecule has 0 aromatic carbocycles. The quantitative estimate of drug-likeness (QED) is 0.512. The number of ketones is 1. The number of hydrogen-bond donors (Lipinski definition) is 2. The van der Waals surface area contributed by atoms with Gasteiger partial charge in [-0.15, -0.1) is 15.7 Å². The maximum absolute atomic E-state index is 13.8. The third-order valence-corrected chi connectivity index (χ3v) is 11.0. The van der Waals surface area contributed by atoms with Crippen LogP contribution in [-0.2, 0) is 36.2 Å². The van der Waals surface area contributed by atoms with Gasteiger partial charge in [-0.1, -0.05) is 20.8 Å². The third-order valence-electron chi connectivity index (χ3n) is 7.81. The number of anilines is 1. The zero-order chi connectivity index (χ0) is 26.2. The first-order chi connectivity index (χ1) is 16.7. The first-order valence-electron chi connectivity index (χ1n) is 12.2. The number of nitrogens with zero attached hydrogens (tertiary/aromatic N) is 2. The Morgan fingerprint density at radius 1 is 1.22 bits per heavy atom. The number of piperidine rings is 1. The molecule has 13 heteroatoms. The van der Waals surface area contributed by atoms with Crippen molar-refractivity contribution in [3.8, 4) is 0 Å². The van der Waals surface area contributed by atoms with Crippen LogP contribution >= 0.6 is 11.3 Å². The fourth-order valence-electron chi connectivity index (χ4n) is 6.23. The lowest BCUT2D eigenvalue weighted by Crippen LogP contribution is -2.62. The minimum Gasteiger partial charge on any atom is -0.338 e. The van der Waals surface area contributed by atoms with E-state index in [-0.39, 0.29) is 62.8 Å². The SMILES string of the molecule is CC(C)(C)CCN1C(=O)C(C2=NS(=O)(=O)c3c(CNS(C)(=O)=O)csc3N2)C(=O)[C@@H]2[C@H]3CC[C@H](C3)[C@@H]21. The van der Waals surface area contributed by atoms with Crippen molar-refractivity contribution in [1.82, 2.24) is 9.62 Å². The molecule has 10 nitrogen and oxygen atoms in total. The number of fused-ring (bicyclic) bond motifs is 6. The number of nitrogens with one attached hydrogen (secondary N) is 2. The van der Waals surface area contributed by atoms with E-state index < -0.39 is 26.0 Å². The van der Waals surface area contributed by atoms with Gasteiger partial charge in [0.25, 0.3) is 10.0 Å². The van der Waals surface area contributed by atoms with E-state index in [4.69, 9.17) is 0 Å². The highest BCUT2D eigenvalue weighted by Crippen LogP contribution is 2.54. The zero-order valence-corrected chi connectivity index (χ0v) is 23.2. The molecule has 3 heterocycles. The Morgan fingerprint density at radius 2 is 1.92 bits per heavy atom. The summed E-state index contributed by atoms with van der Waals surface area (Å²) < 4.78 is 55.6. The number of thiophene rings is 1. The second-order valence-electron chi connectivity index (χ2n) is 11.6. The van der Waals surface area contributed by atoms with Gasteiger partial charge >= 0.3 is 0 Å². The van der Waals surface area contributed by atoms with E-state index in [0.29, 0.717) is 12.5 Å². The summed E-state index contributed by atoms with van der Waals surface area (Å²) in [5, 5.41) is 4.74. The number of amidine groups is 1. The molecule has 1 aromatic heterocycles. The van der Waals surface area contributed by atoms with Gasteiger partial charge in [-0.2, -0.15) is 8.42 Å². The number of carbonyl (C=O) groups excluding carboxylic acids is 2. The third kappa shape index (κ3) is 4.52. The van der Waals surface area contributed by atoms with Crippen molar-refractivity contribution in [3.63, 3.8) is 0 Å². The number of rotatable bonds is 6. The zero-order valence-electron chi connectivity index (χ0n) is 20.8. The summed E-state index contributed by atoms with van der Waals surface area (Å²) in [5.74, 6) is -1.81. The number of amides is 1. The average molecular weight is 557 g/mol. The summed E-state index contributed by atoms with van der Waals surface area (Å²) in [6, 6.07) is -0.117. The van der Waals surface area contributed by atoms with Crippen LogP contribution in [0.3, 0.4) is 0 Å². The van der Waals surface area contributed by atoms with E-state index in [9.17, 15) is 26.4 Å². The van der Waals surface area contributed by atoms with Crippen LogP contribution in [0.5, 0.6) is 0 Å². The van der Waals surface area contributed by atoms with Gasteiger partial charge in [0.1, 0.15) is 15.7 Å². The monoisotopic (exact) mass is 556 g/mol. The maximum Gasteiger partial charge on any atom is 0.287 e. The van der Waals surface area contributed by atoms with Crippen LogP contribution in [0.25, 0.3) is 0 Å². The van der Waals surface area contributed by atoms with Crippen LogP contribution in [0.15, 0.2) is 14.7 Å². The smallest absolute Gasteiger partial charge is 0.287 e. The lowest BCUT2D eigenvalue weighted by Gasteiger charge is -2.46. The molecule has 1 amide bonds. The molecule has 1 unspecified atom stereocenters. The van der Waals surface area contributed by atoms with E-state index in [1.165, 1.54) is 5.38 Å². The molecule has 0 spiro atoms. The first-order valence-corrected chi connectivity index (χ1v) is 16.4. The first kappa shape index (κ1) is 25.8. The fourth-order valence-corrected chi connectivity index (χ4v) is 9.29. The molecular formula is C23H32N4O6S3. The van der Waals surface area contributed by atoms with Crippen LogP contribution in [0.1, 0.15) is 52.0 Å². The Hall–Kier alpha value is -1.83. The number of sulfonamides is 2. The Morgan fingerprint density at radius 3 is 2.58 bits per heavy atom. The highest BCUT2D eigenvalue weighted by atomic mass is 32.2. The highest BCUT2D eigenvalue weighted by molar-refractivity contribution is 7.91. The fraction of sp³-hybridized carbons (Fsp3) is 0.696. The van der Waals surface area contributed by atoms with Crippen molar-refractivity contribution in [2.24, 2.45) is 33.5 Å². The minimum absolute atomic E-state index is 0.00340. The van der Waals surface area contributed by atoms with E-state index in [1.54, 1.807) is 0 Å². The highest BCUT2D eigenvalue weighted by Gasteiger charge is 2.60. The molecule has 0 radical (unpaired) electrons. The van der Waals surface area contributed by atoms with Crippen LogP contribution in [0, 0.1) is 29.1 Å². The summed E-state index contributed by atoms with van der Waals surface area (Å²) in [7, 11) is -7.78. The molecule has 36 heavy (non-hydrogen) atoms. The van der Waals surface area contributed by atoms with Gasteiger partial charge in [0.2, 0.25) is 15.9 Å². The van der Waals surface area contributed by atoms with E-state index in [1.807, 2.05) is 4.90 Å². The maximum atomic E-state index is 13.8. The largest absolute Gasteiger partial charge is 0.338 e. The second-order valence-corrected chi connectivity index (χ2v) is 15.9. The van der Waals surface area contributed by atoms with Crippen LogP contribution in [0.4, 0.5) is 5.00 Å². The standard InChI is InChI=1S/C23H32N4O6S3/c1-23(2,3)7-8-27-17-13-6-5-12(9-13)15(17)18(28)16(22(27)29)20-25-21-19(36(32,33)26-20)14(11-34-21)10-24-35(4,30)31/h11-13,15-17,24H,5-10H2,1-4H3,(H,25,26)/t12-,13+,15+,16?,17-/m0/s1. The van der Waals surface area contributed by atoms with Crippen molar-refractivity contribution in [3.05, 3.63) is 10.9 Å². The van der Waals surface area contributed by atoms with Gasteiger partial charge < -0.3 is 10.2 Å². The van der Waals surface area contributed by atoms with Crippen LogP contribution in [0.2, 0.25) is 0 Å². The number of carbonyl (C=O) groups is 2. The Labute approximate surface area is 216 Å². The summed E-state index contributed by atoms with van der Waals surface area (Å²) in [4.78, 5) is 29.3. The lowest BCUT2D eigenvalue weighted by molar-refractivity contribution is -0.152. The Balaban J connectivity index is 1.48. The summed E-state index contributed by atoms with van der Waals surface area (Å²) in [6.07, 6.45) is 4.65. The molecular weight excluding hydrogens is 524 g/mol. The van der Waals surface area contributed by atoms with Crippen molar-refractivity contribution in [2.45, 2.75) is 63.9 Å². The predicted octanol–water partition coefficient (Wildman–Crippen LogP) is 2.19. The van der Waals surface area contributed by atoms with Crippen LogP contribution in [-0.4, -0.2) is 58.1 Å². The van der Waals surface area contributed by atoms with Gasteiger partial charge in [0, 0.05) is 30.6 Å². The second kappa shape index (κ2) is 8.60. The van der Waals surface area contributed by atoms with Gasteiger partial charge in [-0.05, 0) is 48.3 Å². The van der Waals surface area contributed by atoms with E-state index >= 15 is 0 Å². The number of Topliss-reactive ketones (excluding diaryl/α,β-unsaturated/α-hetero) is 1. The van der Waals surface area contributed by atoms with Crippen molar-refractivity contribution in [2.75, 3.05) is 18.1 Å². The molecule has 2 saturated carbocycles. The van der Waals surface area contributed by atoms with Gasteiger partial charge in [-0.3, -0.25) is 9.59 Å². The van der Waals surface area contributed by atoms with Crippen molar-refractivity contribution >= 4 is 53.9 Å². The number of likely N-dealkylation sites (tertiary alicyclic amines) is 1. The summed E-state index contributed by atoms with van der Waals surface area (Å²) >= 11 is 1.08. The molecule has 1 saturated heterocycles. The Bertz CT molecular complexity index is 1360. The normalized spacial score (nSPS) is 31.2. The lowest BCUT2D eigenvalue weighted by atomic mass is 9.72. The van der Waals surface area contributed by atoms with Gasteiger partial charge in [-0.25, -0.2) is 13.1 Å². The molecule has 1 aromatic rings. The van der Waals surface area contributed by atoms with E-state index in [0.717, 1.165) is 43.3 Å². The molecule has 3 fully saturated rings. The van der Waals surface area contributed by atoms with Gasteiger partial charge in [0.15, 0.2) is 11.7 Å². The molecule has 2 N–H and O–H groups in total. The predicted molar refractivity (Wildman–Crippen MR) is 137 cm³/mol. The molecule has 5 rings (SSSR count).